The third kappa shape index (κ3) is 5.56. The van der Waals surface area contributed by atoms with Crippen molar-refractivity contribution in [3.63, 3.8) is 0 Å². The Morgan fingerprint density at radius 1 is 1.28 bits per heavy atom. The zero-order valence-corrected chi connectivity index (χ0v) is 19.4. The van der Waals surface area contributed by atoms with Crippen LogP contribution in [0.15, 0.2) is 47.6 Å². The largest absolute Gasteiger partial charge is 0.495 e. The molecule has 2 aromatic rings. The van der Waals surface area contributed by atoms with Crippen molar-refractivity contribution in [1.82, 2.24) is 14.2 Å². The molecule has 3 rings (SSSR count). The molecule has 1 fully saturated rings. The first kappa shape index (κ1) is 24.0. The minimum Gasteiger partial charge on any atom is -0.495 e. The van der Waals surface area contributed by atoms with Gasteiger partial charge in [-0.3, -0.25) is 14.6 Å². The van der Waals surface area contributed by atoms with Crippen LogP contribution in [0.4, 0.5) is 5.69 Å². The first-order chi connectivity index (χ1) is 15.2. The van der Waals surface area contributed by atoms with E-state index in [-0.39, 0.29) is 36.4 Å². The van der Waals surface area contributed by atoms with Crippen molar-refractivity contribution >= 4 is 39.1 Å². The number of sulfonamides is 1. The van der Waals surface area contributed by atoms with Gasteiger partial charge in [-0.1, -0.05) is 11.6 Å². The Morgan fingerprint density at radius 3 is 2.62 bits per heavy atom. The summed E-state index contributed by atoms with van der Waals surface area (Å²) in [5, 5.41) is 3.14. The van der Waals surface area contributed by atoms with Crippen molar-refractivity contribution < 1.29 is 22.7 Å². The van der Waals surface area contributed by atoms with Gasteiger partial charge in [-0.2, -0.15) is 4.31 Å². The van der Waals surface area contributed by atoms with Crippen molar-refractivity contribution in [3.8, 4) is 5.75 Å². The van der Waals surface area contributed by atoms with Crippen LogP contribution in [0.25, 0.3) is 0 Å². The summed E-state index contributed by atoms with van der Waals surface area (Å²) in [6.07, 6.45) is 3.59. The molecule has 0 saturated carbocycles. The van der Waals surface area contributed by atoms with E-state index in [0.717, 1.165) is 0 Å². The fourth-order valence-corrected chi connectivity index (χ4v) is 5.17. The van der Waals surface area contributed by atoms with Gasteiger partial charge < -0.3 is 15.0 Å². The molecular weight excluding hydrogens is 456 g/mol. The van der Waals surface area contributed by atoms with Crippen LogP contribution in [0.5, 0.6) is 5.75 Å². The Labute approximate surface area is 192 Å². The summed E-state index contributed by atoms with van der Waals surface area (Å²) in [6, 6.07) is 7.92. The predicted molar refractivity (Wildman–Crippen MR) is 120 cm³/mol. The van der Waals surface area contributed by atoms with Crippen LogP contribution in [0.1, 0.15) is 12.8 Å². The summed E-state index contributed by atoms with van der Waals surface area (Å²) < 4.78 is 32.0. The number of carbonyl (C=O) groups excluding carboxylic acids is 2. The highest BCUT2D eigenvalue weighted by atomic mass is 35.5. The molecular formula is C21H25ClN4O5S. The maximum absolute atomic E-state index is 12.8. The smallest absolute Gasteiger partial charge is 0.244 e. The second-order valence-electron chi connectivity index (χ2n) is 7.45. The number of amides is 2. The predicted octanol–water partition coefficient (Wildman–Crippen LogP) is 2.24. The number of benzene rings is 1. The number of anilines is 1. The lowest BCUT2D eigenvalue weighted by molar-refractivity contribution is -0.138. The molecule has 32 heavy (non-hydrogen) atoms. The maximum atomic E-state index is 12.8. The summed E-state index contributed by atoms with van der Waals surface area (Å²) in [7, 11) is -0.603. The van der Waals surface area contributed by atoms with E-state index in [1.165, 1.54) is 34.8 Å². The Kier molecular flexibility index (Phi) is 7.70. The van der Waals surface area contributed by atoms with Gasteiger partial charge in [-0.15, -0.1) is 0 Å². The molecule has 1 saturated heterocycles. The lowest BCUT2D eigenvalue weighted by Crippen LogP contribution is -2.45. The number of hydrogen-bond acceptors (Lipinski definition) is 6. The monoisotopic (exact) mass is 480 g/mol. The van der Waals surface area contributed by atoms with Crippen LogP contribution in [0.3, 0.4) is 0 Å². The van der Waals surface area contributed by atoms with Crippen molar-refractivity contribution in [1.29, 1.82) is 0 Å². The topological polar surface area (TPSA) is 109 Å². The molecule has 1 aromatic heterocycles. The van der Waals surface area contributed by atoms with Gasteiger partial charge in [-0.05, 0) is 43.2 Å². The average Bonchev–Trinajstić information content (AvgIpc) is 2.79. The first-order valence-electron chi connectivity index (χ1n) is 10.0. The van der Waals surface area contributed by atoms with Gasteiger partial charge >= 0.3 is 0 Å². The normalized spacial score (nSPS) is 15.2. The van der Waals surface area contributed by atoms with Crippen LogP contribution < -0.4 is 10.1 Å². The number of aromatic nitrogens is 1. The highest BCUT2D eigenvalue weighted by Crippen LogP contribution is 2.28. The number of nitrogens with one attached hydrogen (secondary N) is 1. The lowest BCUT2D eigenvalue weighted by atomic mass is 9.96. The zero-order chi connectivity index (χ0) is 23.3. The van der Waals surface area contributed by atoms with E-state index in [1.54, 1.807) is 31.3 Å². The second-order valence-corrected chi connectivity index (χ2v) is 9.83. The standard InChI is InChI=1S/C21H25ClN4O5S/c1-25(14-20(27)24-18-12-16(22)5-6-19(18)31-2)21(28)15-7-10-26(11-8-15)32(29,30)17-4-3-9-23-13-17/h3-6,9,12-13,15H,7-8,10-11,14H2,1-2H3,(H,24,27). The Morgan fingerprint density at radius 2 is 2.00 bits per heavy atom. The summed E-state index contributed by atoms with van der Waals surface area (Å²) >= 11 is 5.98. The number of pyridine rings is 1. The molecule has 0 bridgehead atoms. The number of nitrogens with zero attached hydrogens (tertiary/aromatic N) is 3. The average molecular weight is 481 g/mol. The second kappa shape index (κ2) is 10.3. The molecule has 2 heterocycles. The van der Waals surface area contributed by atoms with Crippen LogP contribution in [-0.2, 0) is 19.6 Å². The first-order valence-corrected chi connectivity index (χ1v) is 11.8. The summed E-state index contributed by atoms with van der Waals surface area (Å²) in [5.74, 6) is -0.484. The highest BCUT2D eigenvalue weighted by molar-refractivity contribution is 7.89. The quantitative estimate of drug-likeness (QED) is 0.651. The summed E-state index contributed by atoms with van der Waals surface area (Å²) in [6.45, 7) is 0.309. The maximum Gasteiger partial charge on any atom is 0.244 e. The molecule has 0 unspecified atom stereocenters. The molecule has 2 amide bonds. The van der Waals surface area contributed by atoms with Crippen molar-refractivity contribution in [2.24, 2.45) is 5.92 Å². The molecule has 11 heteroatoms. The van der Waals surface area contributed by atoms with Gasteiger partial charge in [0.1, 0.15) is 10.6 Å². The van der Waals surface area contributed by atoms with E-state index in [0.29, 0.717) is 29.3 Å². The van der Waals surface area contributed by atoms with E-state index in [9.17, 15) is 18.0 Å². The number of halogens is 1. The molecule has 9 nitrogen and oxygen atoms in total. The molecule has 0 spiro atoms. The van der Waals surface area contributed by atoms with Crippen LogP contribution in [-0.4, -0.2) is 68.2 Å². The molecule has 1 aromatic carbocycles. The van der Waals surface area contributed by atoms with Crippen molar-refractivity contribution in [2.45, 2.75) is 17.7 Å². The van der Waals surface area contributed by atoms with E-state index in [1.807, 2.05) is 0 Å². The van der Waals surface area contributed by atoms with Gasteiger partial charge in [0.25, 0.3) is 0 Å². The SMILES string of the molecule is COc1ccc(Cl)cc1NC(=O)CN(C)C(=O)C1CCN(S(=O)(=O)c2cccnc2)CC1. The third-order valence-electron chi connectivity index (χ3n) is 5.27. The lowest BCUT2D eigenvalue weighted by Gasteiger charge is -2.32. The summed E-state index contributed by atoms with van der Waals surface area (Å²) in [4.78, 5) is 30.6. The van der Waals surface area contributed by atoms with Gasteiger partial charge in [0.05, 0.1) is 19.3 Å². The van der Waals surface area contributed by atoms with Crippen molar-refractivity contribution in [2.75, 3.05) is 39.1 Å². The molecule has 1 aliphatic rings. The van der Waals surface area contributed by atoms with E-state index in [4.69, 9.17) is 16.3 Å². The van der Waals surface area contributed by atoms with E-state index >= 15 is 0 Å². The van der Waals surface area contributed by atoms with E-state index < -0.39 is 15.9 Å². The molecule has 1 N–H and O–H groups in total. The van der Waals surface area contributed by atoms with Crippen LogP contribution in [0.2, 0.25) is 5.02 Å². The Balaban J connectivity index is 1.55. The minimum absolute atomic E-state index is 0.134. The van der Waals surface area contributed by atoms with Gasteiger partial charge in [0.2, 0.25) is 21.8 Å². The van der Waals surface area contributed by atoms with Gasteiger partial charge in [0, 0.05) is 43.5 Å². The van der Waals surface area contributed by atoms with Crippen LogP contribution in [0, 0.1) is 5.92 Å². The number of rotatable bonds is 7. The van der Waals surface area contributed by atoms with Crippen molar-refractivity contribution in [3.05, 3.63) is 47.7 Å². The van der Waals surface area contributed by atoms with Gasteiger partial charge in [0.15, 0.2) is 0 Å². The molecule has 0 aliphatic carbocycles. The fourth-order valence-electron chi connectivity index (χ4n) is 3.56. The molecule has 0 atom stereocenters. The van der Waals surface area contributed by atoms with Crippen LogP contribution >= 0.6 is 11.6 Å². The number of methoxy groups -OCH3 is 1. The molecule has 172 valence electrons. The Bertz CT molecular complexity index is 1070. The molecule has 1 aliphatic heterocycles. The van der Waals surface area contributed by atoms with Gasteiger partial charge in [-0.25, -0.2) is 8.42 Å². The number of likely N-dealkylation sites (N-methyl/N-ethyl adjacent to an activating group) is 1. The Hall–Kier alpha value is -2.69. The fraction of sp³-hybridized carbons (Fsp3) is 0.381. The summed E-state index contributed by atoms with van der Waals surface area (Å²) in [5.41, 5.74) is 0.416. The van der Waals surface area contributed by atoms with E-state index in [2.05, 4.69) is 10.3 Å². The third-order valence-corrected chi connectivity index (χ3v) is 7.39. The number of piperidine rings is 1. The number of hydrogen-bond donors (Lipinski definition) is 1. The zero-order valence-electron chi connectivity index (χ0n) is 17.8. The molecule has 0 radical (unpaired) electrons. The minimum atomic E-state index is -3.64. The number of ether oxygens (including phenoxy) is 1. The number of carbonyl (C=O) groups is 2. The highest BCUT2D eigenvalue weighted by Gasteiger charge is 2.33.